The highest BCUT2D eigenvalue weighted by atomic mass is 32.1. The largest absolute Gasteiger partial charge is 0.365 e. The van der Waals surface area contributed by atoms with Gasteiger partial charge in [-0.2, -0.15) is 14.5 Å². The van der Waals surface area contributed by atoms with Crippen LogP contribution in [0.15, 0.2) is 30.7 Å². The van der Waals surface area contributed by atoms with Gasteiger partial charge in [0.1, 0.15) is 10.5 Å². The fraction of sp³-hybridized carbons (Fsp3) is 0.520. The van der Waals surface area contributed by atoms with E-state index in [-0.39, 0.29) is 0 Å². The number of nitrogens with zero attached hydrogens (tertiary/aromatic N) is 7. The van der Waals surface area contributed by atoms with Gasteiger partial charge in [0, 0.05) is 31.5 Å². The summed E-state index contributed by atoms with van der Waals surface area (Å²) in [6, 6.07) is 5.22. The molecule has 0 radical (unpaired) electrons. The van der Waals surface area contributed by atoms with E-state index < -0.39 is 0 Å². The fourth-order valence-electron chi connectivity index (χ4n) is 5.54. The lowest BCUT2D eigenvalue weighted by Crippen LogP contribution is -2.43. The number of hydrogen-bond donors (Lipinski definition) is 2. The summed E-state index contributed by atoms with van der Waals surface area (Å²) in [6.45, 7) is 4.55. The van der Waals surface area contributed by atoms with Crippen molar-refractivity contribution in [2.45, 2.75) is 64.0 Å². The van der Waals surface area contributed by atoms with E-state index in [1.807, 2.05) is 43.2 Å². The van der Waals surface area contributed by atoms with Crippen LogP contribution >= 0.6 is 11.5 Å². The Morgan fingerprint density at radius 2 is 1.89 bits per heavy atom. The number of nitrogens with one attached hydrogen (secondary N) is 2. The molecule has 2 N–H and O–H groups in total. The third kappa shape index (κ3) is 4.77. The zero-order chi connectivity index (χ0) is 23.8. The van der Waals surface area contributed by atoms with Crippen LogP contribution in [0.2, 0.25) is 0 Å². The lowest BCUT2D eigenvalue weighted by Gasteiger charge is -2.39. The Kier molecular flexibility index (Phi) is 6.15. The molecule has 0 amide bonds. The fourth-order valence-corrected chi connectivity index (χ4v) is 6.20. The molecule has 1 aliphatic heterocycles. The molecule has 0 spiro atoms. The standard InChI is InChI=1S/C25H33N9S/c1-17-14-22(35-31-17)29-25-28-21-10-13-34(20-15-26-32(2)16-20)23(21)24(30-25)27-18-6-8-19(9-7-18)33-11-4-3-5-12-33/h10,13-16,18-19H,3-9,11-12H2,1-2H3,(H2,27,28,29,30)/t18-,19-. The summed E-state index contributed by atoms with van der Waals surface area (Å²) < 4.78 is 8.32. The number of hydrogen-bond acceptors (Lipinski definition) is 8. The number of likely N-dealkylation sites (tertiary alicyclic amines) is 1. The lowest BCUT2D eigenvalue weighted by molar-refractivity contribution is 0.127. The van der Waals surface area contributed by atoms with E-state index >= 15 is 0 Å². The minimum atomic E-state index is 0.407. The van der Waals surface area contributed by atoms with Gasteiger partial charge >= 0.3 is 0 Å². The van der Waals surface area contributed by atoms with Gasteiger partial charge in [-0.15, -0.1) is 0 Å². The first-order valence-corrected chi connectivity index (χ1v) is 13.5. The van der Waals surface area contributed by atoms with Crippen molar-refractivity contribution in [3.63, 3.8) is 0 Å². The molecular weight excluding hydrogens is 458 g/mol. The second-order valence-corrected chi connectivity index (χ2v) is 10.7. The van der Waals surface area contributed by atoms with Crippen LogP contribution in [0.1, 0.15) is 50.6 Å². The van der Waals surface area contributed by atoms with Gasteiger partial charge in [-0.25, -0.2) is 4.98 Å². The van der Waals surface area contributed by atoms with E-state index in [4.69, 9.17) is 9.97 Å². The van der Waals surface area contributed by atoms with Crippen LogP contribution in [0.3, 0.4) is 0 Å². The molecule has 1 saturated carbocycles. The van der Waals surface area contributed by atoms with Crippen molar-refractivity contribution in [1.82, 2.24) is 33.6 Å². The molecule has 4 aromatic rings. The van der Waals surface area contributed by atoms with Crippen LogP contribution in [0, 0.1) is 6.92 Å². The van der Waals surface area contributed by atoms with Crippen molar-refractivity contribution in [1.29, 1.82) is 0 Å². The van der Waals surface area contributed by atoms with Crippen molar-refractivity contribution in [2.24, 2.45) is 7.05 Å². The van der Waals surface area contributed by atoms with Gasteiger partial charge in [0.25, 0.3) is 0 Å². The molecule has 2 aliphatic rings. The average molecular weight is 492 g/mol. The predicted molar refractivity (Wildman–Crippen MR) is 141 cm³/mol. The first kappa shape index (κ1) is 22.5. The zero-order valence-corrected chi connectivity index (χ0v) is 21.3. The van der Waals surface area contributed by atoms with Gasteiger partial charge in [-0.3, -0.25) is 4.68 Å². The molecule has 6 rings (SSSR count). The summed E-state index contributed by atoms with van der Waals surface area (Å²) in [5.41, 5.74) is 3.88. The molecule has 1 saturated heterocycles. The summed E-state index contributed by atoms with van der Waals surface area (Å²) in [4.78, 5) is 12.5. The van der Waals surface area contributed by atoms with Crippen molar-refractivity contribution >= 4 is 39.3 Å². The summed E-state index contributed by atoms with van der Waals surface area (Å²) in [5.74, 6) is 1.46. The van der Waals surface area contributed by atoms with E-state index in [1.54, 1.807) is 0 Å². The smallest absolute Gasteiger partial charge is 0.230 e. The molecule has 0 aromatic carbocycles. The van der Waals surface area contributed by atoms with E-state index in [1.165, 1.54) is 56.7 Å². The van der Waals surface area contributed by atoms with Gasteiger partial charge in [0.2, 0.25) is 5.95 Å². The Hall–Kier alpha value is -2.98. The Balaban J connectivity index is 1.28. The Morgan fingerprint density at radius 3 is 2.60 bits per heavy atom. The van der Waals surface area contributed by atoms with Crippen molar-refractivity contribution in [3.8, 4) is 5.69 Å². The van der Waals surface area contributed by atoms with Crippen LogP contribution in [-0.2, 0) is 7.05 Å². The molecule has 35 heavy (non-hydrogen) atoms. The summed E-state index contributed by atoms with van der Waals surface area (Å²) in [5, 5.41) is 12.5. The number of piperidine rings is 1. The van der Waals surface area contributed by atoms with Gasteiger partial charge < -0.3 is 20.1 Å². The number of aryl methyl sites for hydroxylation is 2. The molecule has 5 heterocycles. The quantitative estimate of drug-likeness (QED) is 0.398. The monoisotopic (exact) mass is 491 g/mol. The Bertz CT molecular complexity index is 1290. The highest BCUT2D eigenvalue weighted by molar-refractivity contribution is 7.10. The average Bonchev–Trinajstić information content (AvgIpc) is 3.60. The number of fused-ring (bicyclic) bond motifs is 1. The highest BCUT2D eigenvalue weighted by Gasteiger charge is 2.27. The molecule has 0 bridgehead atoms. The lowest BCUT2D eigenvalue weighted by atomic mass is 9.89. The molecule has 0 unspecified atom stereocenters. The van der Waals surface area contributed by atoms with E-state index in [9.17, 15) is 0 Å². The van der Waals surface area contributed by atoms with Gasteiger partial charge in [-0.1, -0.05) is 6.42 Å². The highest BCUT2D eigenvalue weighted by Crippen LogP contribution is 2.32. The van der Waals surface area contributed by atoms with E-state index in [0.717, 1.165) is 52.1 Å². The normalized spacial score (nSPS) is 21.4. The van der Waals surface area contributed by atoms with Crippen LogP contribution in [0.25, 0.3) is 16.7 Å². The third-order valence-corrected chi connectivity index (χ3v) is 8.11. The van der Waals surface area contributed by atoms with Crippen LogP contribution < -0.4 is 10.6 Å². The molecular formula is C25H33N9S. The summed E-state index contributed by atoms with van der Waals surface area (Å²) in [7, 11) is 1.94. The van der Waals surface area contributed by atoms with E-state index in [0.29, 0.717) is 12.0 Å². The molecule has 10 heteroatoms. The molecule has 2 fully saturated rings. The first-order chi connectivity index (χ1) is 17.1. The predicted octanol–water partition coefficient (Wildman–Crippen LogP) is 4.87. The van der Waals surface area contributed by atoms with Crippen molar-refractivity contribution in [2.75, 3.05) is 23.7 Å². The van der Waals surface area contributed by atoms with Crippen LogP contribution in [-0.4, -0.2) is 58.8 Å². The topological polar surface area (TPSA) is 88.7 Å². The summed E-state index contributed by atoms with van der Waals surface area (Å²) in [6.07, 6.45) is 14.9. The van der Waals surface area contributed by atoms with Crippen molar-refractivity contribution in [3.05, 3.63) is 36.4 Å². The maximum absolute atomic E-state index is 4.96. The minimum absolute atomic E-state index is 0.407. The van der Waals surface area contributed by atoms with Crippen LogP contribution in [0.4, 0.5) is 16.8 Å². The number of rotatable bonds is 6. The van der Waals surface area contributed by atoms with Gasteiger partial charge in [0.15, 0.2) is 5.82 Å². The van der Waals surface area contributed by atoms with E-state index in [2.05, 4.69) is 35.8 Å². The molecule has 9 nitrogen and oxygen atoms in total. The number of aromatic nitrogens is 6. The Morgan fingerprint density at radius 1 is 1.06 bits per heavy atom. The second kappa shape index (κ2) is 9.58. The van der Waals surface area contributed by atoms with Gasteiger partial charge in [-0.05, 0) is 82.2 Å². The maximum atomic E-state index is 4.96. The third-order valence-electron chi connectivity index (χ3n) is 7.31. The molecule has 184 valence electrons. The molecule has 1 aliphatic carbocycles. The van der Waals surface area contributed by atoms with Gasteiger partial charge in [0.05, 0.1) is 23.1 Å². The number of anilines is 3. The SMILES string of the molecule is Cc1cc(Nc2nc(N[C@H]3CC[C@H](N4CCCCC4)CC3)c3c(ccn3-c3cnn(C)c3)n2)sn1. The second-order valence-electron chi connectivity index (χ2n) is 9.89. The first-order valence-electron chi connectivity index (χ1n) is 12.7. The molecule has 4 aromatic heterocycles. The zero-order valence-electron chi connectivity index (χ0n) is 20.4. The molecule has 0 atom stereocenters. The Labute approximate surface area is 209 Å². The van der Waals surface area contributed by atoms with Crippen molar-refractivity contribution < 1.29 is 0 Å². The summed E-state index contributed by atoms with van der Waals surface area (Å²) >= 11 is 1.43. The van der Waals surface area contributed by atoms with Crippen LogP contribution in [0.5, 0.6) is 0 Å². The maximum Gasteiger partial charge on any atom is 0.230 e. The minimum Gasteiger partial charge on any atom is -0.365 e.